The zero-order valence-corrected chi connectivity index (χ0v) is 13.2. The van der Waals surface area contributed by atoms with Gasteiger partial charge in [0, 0.05) is 29.8 Å². The van der Waals surface area contributed by atoms with Crippen molar-refractivity contribution in [1.82, 2.24) is 14.5 Å². The van der Waals surface area contributed by atoms with Gasteiger partial charge in [0.1, 0.15) is 12.6 Å². The van der Waals surface area contributed by atoms with E-state index in [1.54, 1.807) is 23.3 Å². The summed E-state index contributed by atoms with van der Waals surface area (Å²) in [4.78, 5) is 29.3. The molecule has 3 rings (SSSR count). The zero-order chi connectivity index (χ0) is 15.7. The molecule has 1 aromatic heterocycles. The van der Waals surface area contributed by atoms with Gasteiger partial charge in [0.05, 0.1) is 6.33 Å². The van der Waals surface area contributed by atoms with Gasteiger partial charge >= 0.3 is 5.97 Å². The van der Waals surface area contributed by atoms with Crippen LogP contribution in [0.5, 0.6) is 0 Å². The number of benzene rings is 1. The van der Waals surface area contributed by atoms with Crippen molar-refractivity contribution in [2.24, 2.45) is 0 Å². The van der Waals surface area contributed by atoms with E-state index in [0.29, 0.717) is 13.0 Å². The first-order chi connectivity index (χ1) is 10.5. The van der Waals surface area contributed by atoms with E-state index in [4.69, 9.17) is 0 Å². The van der Waals surface area contributed by atoms with Crippen molar-refractivity contribution >= 4 is 27.8 Å². The number of hydrogen-bond acceptors (Lipinski definition) is 3. The molecule has 0 spiro atoms. The molecule has 7 heteroatoms. The number of rotatable bonds is 3. The van der Waals surface area contributed by atoms with Crippen molar-refractivity contribution in [3.05, 3.63) is 52.5 Å². The highest BCUT2D eigenvalue weighted by Gasteiger charge is 2.34. The number of hydrogen-bond donors (Lipinski definition) is 1. The molecule has 0 saturated heterocycles. The van der Waals surface area contributed by atoms with E-state index in [-0.39, 0.29) is 12.5 Å². The van der Waals surface area contributed by atoms with Gasteiger partial charge in [0.15, 0.2) is 0 Å². The van der Waals surface area contributed by atoms with E-state index in [1.165, 1.54) is 4.90 Å². The molecule has 22 heavy (non-hydrogen) atoms. The highest BCUT2D eigenvalue weighted by atomic mass is 79.9. The summed E-state index contributed by atoms with van der Waals surface area (Å²) in [5, 5.41) is 9.44. The van der Waals surface area contributed by atoms with Crippen LogP contribution in [0.4, 0.5) is 0 Å². The fourth-order valence-electron chi connectivity index (χ4n) is 2.66. The molecule has 0 aliphatic carbocycles. The lowest BCUT2D eigenvalue weighted by Gasteiger charge is -2.34. The van der Waals surface area contributed by atoms with Crippen molar-refractivity contribution in [3.63, 3.8) is 0 Å². The summed E-state index contributed by atoms with van der Waals surface area (Å²) in [7, 11) is 0. The van der Waals surface area contributed by atoms with Crippen LogP contribution >= 0.6 is 15.9 Å². The number of fused-ring (bicyclic) bond motifs is 1. The summed E-state index contributed by atoms with van der Waals surface area (Å²) in [5.74, 6) is -1.21. The van der Waals surface area contributed by atoms with Crippen LogP contribution in [0.2, 0.25) is 0 Å². The van der Waals surface area contributed by atoms with Crippen molar-refractivity contribution in [2.75, 3.05) is 0 Å². The van der Waals surface area contributed by atoms with Crippen molar-refractivity contribution in [1.29, 1.82) is 0 Å². The van der Waals surface area contributed by atoms with Crippen LogP contribution in [-0.4, -0.2) is 37.5 Å². The number of aliphatic carboxylic acids is 1. The minimum atomic E-state index is -0.979. The van der Waals surface area contributed by atoms with Gasteiger partial charge in [0.2, 0.25) is 5.91 Å². The van der Waals surface area contributed by atoms with Gasteiger partial charge in [-0.25, -0.2) is 9.78 Å². The standard InChI is InChI=1S/C15H14BrN3O3/c16-12-2-1-10-6-13(15(21)22)19(7-11(10)5-12)14(20)8-18-4-3-17-9-18/h1-5,9,13H,6-8H2,(H,21,22). The van der Waals surface area contributed by atoms with Crippen LogP contribution in [0, 0.1) is 0 Å². The largest absolute Gasteiger partial charge is 0.480 e. The highest BCUT2D eigenvalue weighted by Crippen LogP contribution is 2.26. The summed E-state index contributed by atoms with van der Waals surface area (Å²) in [6.45, 7) is 0.395. The maximum atomic E-state index is 12.5. The number of imidazole rings is 1. The first-order valence-electron chi connectivity index (χ1n) is 6.80. The lowest BCUT2D eigenvalue weighted by Crippen LogP contribution is -2.49. The van der Waals surface area contributed by atoms with Gasteiger partial charge in [0.25, 0.3) is 0 Å². The number of carbonyl (C=O) groups excluding carboxylic acids is 1. The van der Waals surface area contributed by atoms with Gasteiger partial charge < -0.3 is 14.6 Å². The van der Waals surface area contributed by atoms with Crippen LogP contribution in [0.15, 0.2) is 41.4 Å². The summed E-state index contributed by atoms with van der Waals surface area (Å²) in [6, 6.07) is 4.91. The molecule has 1 aliphatic rings. The Morgan fingerprint density at radius 1 is 1.36 bits per heavy atom. The lowest BCUT2D eigenvalue weighted by atomic mass is 9.94. The summed E-state index contributed by atoms with van der Waals surface area (Å²) in [5.41, 5.74) is 1.95. The number of halogens is 1. The molecule has 0 saturated carbocycles. The normalized spacial score (nSPS) is 17.1. The number of carbonyl (C=O) groups is 2. The van der Waals surface area contributed by atoms with E-state index in [0.717, 1.165) is 15.6 Å². The molecule has 0 fully saturated rings. The molecule has 114 valence electrons. The Kier molecular flexibility index (Phi) is 3.98. The molecular weight excluding hydrogens is 350 g/mol. The molecular formula is C15H14BrN3O3. The third-order valence-electron chi connectivity index (χ3n) is 3.78. The van der Waals surface area contributed by atoms with Crippen molar-refractivity contribution < 1.29 is 14.7 Å². The minimum Gasteiger partial charge on any atom is -0.480 e. The van der Waals surface area contributed by atoms with Gasteiger partial charge in [-0.3, -0.25) is 4.79 Å². The Hall–Kier alpha value is -2.15. The Morgan fingerprint density at radius 3 is 2.86 bits per heavy atom. The van der Waals surface area contributed by atoms with Gasteiger partial charge in [-0.2, -0.15) is 0 Å². The molecule has 1 aromatic carbocycles. The molecule has 2 heterocycles. The molecule has 0 radical (unpaired) electrons. The average molecular weight is 364 g/mol. The van der Waals surface area contributed by atoms with Crippen LogP contribution in [0.25, 0.3) is 0 Å². The van der Waals surface area contributed by atoms with Crippen molar-refractivity contribution in [2.45, 2.75) is 25.6 Å². The van der Waals surface area contributed by atoms with E-state index in [9.17, 15) is 14.7 Å². The predicted octanol–water partition coefficient (Wildman–Crippen LogP) is 1.68. The van der Waals surface area contributed by atoms with Crippen LogP contribution < -0.4 is 0 Å². The molecule has 1 aliphatic heterocycles. The van der Waals surface area contributed by atoms with Crippen LogP contribution in [-0.2, 0) is 29.1 Å². The van der Waals surface area contributed by atoms with E-state index in [2.05, 4.69) is 20.9 Å². The van der Waals surface area contributed by atoms with Crippen LogP contribution in [0.3, 0.4) is 0 Å². The fourth-order valence-corrected chi connectivity index (χ4v) is 3.07. The first kappa shape index (κ1) is 14.8. The molecule has 0 bridgehead atoms. The Balaban J connectivity index is 1.87. The summed E-state index contributed by atoms with van der Waals surface area (Å²) >= 11 is 3.41. The number of carboxylic acids is 1. The Labute approximate surface area is 135 Å². The SMILES string of the molecule is O=C(O)C1Cc2ccc(Br)cc2CN1C(=O)Cn1ccnc1. The number of amides is 1. The topological polar surface area (TPSA) is 75.4 Å². The maximum Gasteiger partial charge on any atom is 0.326 e. The summed E-state index contributed by atoms with van der Waals surface area (Å²) < 4.78 is 2.56. The average Bonchev–Trinajstić information content (AvgIpc) is 2.98. The van der Waals surface area contributed by atoms with E-state index in [1.807, 2.05) is 18.2 Å². The van der Waals surface area contributed by atoms with Gasteiger partial charge in [-0.15, -0.1) is 0 Å². The third kappa shape index (κ3) is 2.89. The molecule has 1 unspecified atom stereocenters. The van der Waals surface area contributed by atoms with E-state index < -0.39 is 12.0 Å². The molecule has 1 N–H and O–H groups in total. The zero-order valence-electron chi connectivity index (χ0n) is 11.6. The summed E-state index contributed by atoms with van der Waals surface area (Å²) in [6.07, 6.45) is 5.14. The predicted molar refractivity (Wildman–Crippen MR) is 82.0 cm³/mol. The minimum absolute atomic E-state index is 0.0904. The second-order valence-corrected chi connectivity index (χ2v) is 6.14. The van der Waals surface area contributed by atoms with E-state index >= 15 is 0 Å². The number of carboxylic acid groups (broad SMARTS) is 1. The smallest absolute Gasteiger partial charge is 0.326 e. The molecule has 6 nitrogen and oxygen atoms in total. The molecule has 1 atom stereocenters. The van der Waals surface area contributed by atoms with Gasteiger partial charge in [-0.05, 0) is 23.3 Å². The third-order valence-corrected chi connectivity index (χ3v) is 4.27. The quantitative estimate of drug-likeness (QED) is 0.899. The van der Waals surface area contributed by atoms with Gasteiger partial charge in [-0.1, -0.05) is 22.0 Å². The Morgan fingerprint density at radius 2 is 2.18 bits per heavy atom. The molecule has 2 aromatic rings. The monoisotopic (exact) mass is 363 g/mol. The number of aromatic nitrogens is 2. The second kappa shape index (κ2) is 5.92. The fraction of sp³-hybridized carbons (Fsp3) is 0.267. The lowest BCUT2D eigenvalue weighted by molar-refractivity contribution is -0.151. The van der Waals surface area contributed by atoms with Crippen molar-refractivity contribution in [3.8, 4) is 0 Å². The molecule has 1 amide bonds. The highest BCUT2D eigenvalue weighted by molar-refractivity contribution is 9.10. The first-order valence-corrected chi connectivity index (χ1v) is 7.59. The van der Waals surface area contributed by atoms with Crippen LogP contribution in [0.1, 0.15) is 11.1 Å². The second-order valence-electron chi connectivity index (χ2n) is 5.23. The Bertz CT molecular complexity index is 715. The maximum absolute atomic E-state index is 12.5. The number of nitrogens with zero attached hydrogens (tertiary/aromatic N) is 3.